The van der Waals surface area contributed by atoms with Crippen molar-refractivity contribution in [1.82, 2.24) is 9.88 Å². The zero-order chi connectivity index (χ0) is 14.5. The average molecular weight is 273 g/mol. The zero-order valence-corrected chi connectivity index (χ0v) is 12.2. The first-order valence-corrected chi connectivity index (χ1v) is 7.21. The van der Waals surface area contributed by atoms with Gasteiger partial charge in [0.05, 0.1) is 5.52 Å². The van der Waals surface area contributed by atoms with E-state index in [1.54, 1.807) is 0 Å². The number of amides is 1. The number of rotatable bonds is 6. The second kappa shape index (κ2) is 6.57. The second-order valence-corrected chi connectivity index (χ2v) is 5.26. The van der Waals surface area contributed by atoms with Crippen LogP contribution >= 0.6 is 0 Å². The normalized spacial score (nSPS) is 12.6. The molecule has 0 aliphatic rings. The van der Waals surface area contributed by atoms with Crippen molar-refractivity contribution in [2.45, 2.75) is 45.8 Å². The maximum absolute atomic E-state index is 12.1. The Bertz CT molecular complexity index is 588. The lowest BCUT2D eigenvalue weighted by Gasteiger charge is -2.14. The molecule has 108 valence electrons. The van der Waals surface area contributed by atoms with Crippen LogP contribution in [0, 0.1) is 0 Å². The summed E-state index contributed by atoms with van der Waals surface area (Å²) in [5.41, 5.74) is 7.92. The number of carbonyl (C=O) groups is 1. The fourth-order valence-corrected chi connectivity index (χ4v) is 2.62. The third-order valence-corrected chi connectivity index (χ3v) is 3.53. The summed E-state index contributed by atoms with van der Waals surface area (Å²) in [4.78, 5) is 12.1. The molecule has 0 radical (unpaired) electrons. The smallest absolute Gasteiger partial charge is 0.240 e. The van der Waals surface area contributed by atoms with Crippen molar-refractivity contribution in [3.8, 4) is 0 Å². The first-order valence-electron chi connectivity index (χ1n) is 7.21. The molecule has 0 aliphatic heterocycles. The van der Waals surface area contributed by atoms with E-state index in [2.05, 4.69) is 12.2 Å². The topological polar surface area (TPSA) is 60.0 Å². The molecule has 1 aromatic heterocycles. The van der Waals surface area contributed by atoms with E-state index in [0.29, 0.717) is 13.1 Å². The molecule has 1 unspecified atom stereocenters. The van der Waals surface area contributed by atoms with Gasteiger partial charge in [0.15, 0.2) is 0 Å². The number of benzene rings is 1. The SMILES string of the molecule is CCCC(C)NC(=O)Cn1ccc2cccc(CN)c21. The number of hydrogen-bond acceptors (Lipinski definition) is 2. The van der Waals surface area contributed by atoms with Gasteiger partial charge < -0.3 is 15.6 Å². The van der Waals surface area contributed by atoms with Gasteiger partial charge in [-0.25, -0.2) is 0 Å². The maximum Gasteiger partial charge on any atom is 0.240 e. The van der Waals surface area contributed by atoms with Crippen molar-refractivity contribution in [3.05, 3.63) is 36.0 Å². The van der Waals surface area contributed by atoms with E-state index in [4.69, 9.17) is 5.73 Å². The van der Waals surface area contributed by atoms with Gasteiger partial charge in [-0.2, -0.15) is 0 Å². The van der Waals surface area contributed by atoms with Gasteiger partial charge in [0.2, 0.25) is 5.91 Å². The summed E-state index contributed by atoms with van der Waals surface area (Å²) < 4.78 is 1.98. The largest absolute Gasteiger partial charge is 0.352 e. The van der Waals surface area contributed by atoms with E-state index >= 15 is 0 Å². The molecule has 3 N–H and O–H groups in total. The molecular formula is C16H23N3O. The molecule has 4 heteroatoms. The minimum absolute atomic E-state index is 0.0512. The zero-order valence-electron chi connectivity index (χ0n) is 12.2. The van der Waals surface area contributed by atoms with Crippen LogP contribution in [0.3, 0.4) is 0 Å². The Kier molecular flexibility index (Phi) is 4.79. The standard InChI is InChI=1S/C16H23N3O/c1-3-5-12(2)18-15(20)11-19-9-8-13-6-4-7-14(10-17)16(13)19/h4,6-9,12H,3,5,10-11,17H2,1-2H3,(H,18,20). The summed E-state index contributed by atoms with van der Waals surface area (Å²) in [7, 11) is 0. The number of hydrogen-bond donors (Lipinski definition) is 2. The molecule has 0 bridgehead atoms. The average Bonchev–Trinajstić information content (AvgIpc) is 2.82. The van der Waals surface area contributed by atoms with Gasteiger partial charge in [-0.1, -0.05) is 31.5 Å². The Labute approximate surface area is 120 Å². The molecular weight excluding hydrogens is 250 g/mol. The van der Waals surface area contributed by atoms with Crippen molar-refractivity contribution >= 4 is 16.8 Å². The molecule has 2 rings (SSSR count). The van der Waals surface area contributed by atoms with Crippen LogP contribution in [-0.2, 0) is 17.9 Å². The summed E-state index contributed by atoms with van der Waals surface area (Å²) in [5.74, 6) is 0.0512. The Balaban J connectivity index is 2.15. The van der Waals surface area contributed by atoms with Crippen LogP contribution in [0.4, 0.5) is 0 Å². The van der Waals surface area contributed by atoms with Crippen molar-refractivity contribution < 1.29 is 4.79 Å². The van der Waals surface area contributed by atoms with Crippen LogP contribution in [0.2, 0.25) is 0 Å². The maximum atomic E-state index is 12.1. The molecule has 2 aromatic rings. The molecule has 1 heterocycles. The molecule has 20 heavy (non-hydrogen) atoms. The highest BCUT2D eigenvalue weighted by Gasteiger charge is 2.10. The summed E-state index contributed by atoms with van der Waals surface area (Å²) in [6, 6.07) is 8.30. The Morgan fingerprint density at radius 1 is 1.40 bits per heavy atom. The first kappa shape index (κ1) is 14.6. The van der Waals surface area contributed by atoms with E-state index in [9.17, 15) is 4.79 Å². The van der Waals surface area contributed by atoms with Gasteiger partial charge in [0.25, 0.3) is 0 Å². The van der Waals surface area contributed by atoms with Crippen molar-refractivity contribution in [1.29, 1.82) is 0 Å². The third kappa shape index (κ3) is 3.20. The highest BCUT2D eigenvalue weighted by atomic mass is 16.2. The Morgan fingerprint density at radius 2 is 2.20 bits per heavy atom. The van der Waals surface area contributed by atoms with Gasteiger partial charge in [0, 0.05) is 18.8 Å². The molecule has 0 fully saturated rings. The quantitative estimate of drug-likeness (QED) is 0.849. The summed E-state index contributed by atoms with van der Waals surface area (Å²) in [6.45, 7) is 4.99. The molecule has 1 amide bonds. The van der Waals surface area contributed by atoms with Crippen LogP contribution in [0.5, 0.6) is 0 Å². The van der Waals surface area contributed by atoms with Crippen LogP contribution < -0.4 is 11.1 Å². The van der Waals surface area contributed by atoms with E-state index < -0.39 is 0 Å². The minimum Gasteiger partial charge on any atom is -0.352 e. The van der Waals surface area contributed by atoms with Gasteiger partial charge in [-0.05, 0) is 30.4 Å². The first-order chi connectivity index (χ1) is 9.65. The molecule has 4 nitrogen and oxygen atoms in total. The third-order valence-electron chi connectivity index (χ3n) is 3.53. The lowest BCUT2D eigenvalue weighted by Crippen LogP contribution is -2.34. The Morgan fingerprint density at radius 3 is 2.90 bits per heavy atom. The minimum atomic E-state index is 0.0512. The predicted molar refractivity (Wildman–Crippen MR) is 82.3 cm³/mol. The fraction of sp³-hybridized carbons (Fsp3) is 0.438. The van der Waals surface area contributed by atoms with Crippen LogP contribution in [0.15, 0.2) is 30.5 Å². The fourth-order valence-electron chi connectivity index (χ4n) is 2.62. The van der Waals surface area contributed by atoms with Crippen LogP contribution in [0.1, 0.15) is 32.3 Å². The lowest BCUT2D eigenvalue weighted by atomic mass is 10.1. The van der Waals surface area contributed by atoms with Crippen molar-refractivity contribution in [2.75, 3.05) is 0 Å². The number of para-hydroxylation sites is 1. The van der Waals surface area contributed by atoms with Crippen LogP contribution in [-0.4, -0.2) is 16.5 Å². The number of nitrogens with zero attached hydrogens (tertiary/aromatic N) is 1. The molecule has 1 atom stereocenters. The molecule has 1 aromatic carbocycles. The molecule has 0 spiro atoms. The van der Waals surface area contributed by atoms with E-state index in [1.165, 1.54) is 0 Å². The predicted octanol–water partition coefficient (Wildman–Crippen LogP) is 2.40. The number of aromatic nitrogens is 1. The van der Waals surface area contributed by atoms with Crippen LogP contribution in [0.25, 0.3) is 10.9 Å². The van der Waals surface area contributed by atoms with Crippen molar-refractivity contribution in [2.24, 2.45) is 5.73 Å². The summed E-state index contributed by atoms with van der Waals surface area (Å²) in [6.07, 6.45) is 4.03. The van der Waals surface area contributed by atoms with Gasteiger partial charge >= 0.3 is 0 Å². The molecule has 0 saturated heterocycles. The van der Waals surface area contributed by atoms with E-state index in [-0.39, 0.29) is 11.9 Å². The van der Waals surface area contributed by atoms with Gasteiger partial charge in [0.1, 0.15) is 6.54 Å². The number of nitrogens with one attached hydrogen (secondary N) is 1. The van der Waals surface area contributed by atoms with E-state index in [1.807, 2.05) is 42.0 Å². The number of nitrogens with two attached hydrogens (primary N) is 1. The lowest BCUT2D eigenvalue weighted by molar-refractivity contribution is -0.122. The molecule has 0 saturated carbocycles. The van der Waals surface area contributed by atoms with Gasteiger partial charge in [-0.15, -0.1) is 0 Å². The summed E-state index contributed by atoms with van der Waals surface area (Å²) in [5, 5.41) is 4.16. The highest BCUT2D eigenvalue weighted by molar-refractivity contribution is 5.85. The van der Waals surface area contributed by atoms with Gasteiger partial charge in [-0.3, -0.25) is 4.79 Å². The second-order valence-electron chi connectivity index (χ2n) is 5.26. The summed E-state index contributed by atoms with van der Waals surface area (Å²) >= 11 is 0. The highest BCUT2D eigenvalue weighted by Crippen LogP contribution is 2.20. The van der Waals surface area contributed by atoms with Crippen molar-refractivity contribution in [3.63, 3.8) is 0 Å². The molecule has 0 aliphatic carbocycles. The number of fused-ring (bicyclic) bond motifs is 1. The Hall–Kier alpha value is -1.81. The van der Waals surface area contributed by atoms with E-state index in [0.717, 1.165) is 29.3 Å². The number of carbonyl (C=O) groups excluding carboxylic acids is 1. The monoisotopic (exact) mass is 273 g/mol.